The summed E-state index contributed by atoms with van der Waals surface area (Å²) >= 11 is 0. The maximum absolute atomic E-state index is 12.2. The van der Waals surface area contributed by atoms with Gasteiger partial charge >= 0.3 is 6.18 Å². The first-order valence-corrected chi connectivity index (χ1v) is 5.82. The second-order valence-corrected chi connectivity index (χ2v) is 5.34. The zero-order valence-corrected chi connectivity index (χ0v) is 8.48. The average molecular weight is 242 g/mol. The molecule has 15 heavy (non-hydrogen) atoms. The fraction of sp³-hybridized carbons (Fsp3) is 0.857. The van der Waals surface area contributed by atoms with Gasteiger partial charge in [0.15, 0.2) is 5.92 Å². The van der Waals surface area contributed by atoms with Gasteiger partial charge in [0.2, 0.25) is 10.0 Å². The highest BCUT2D eigenvalue weighted by atomic mass is 32.2. The minimum atomic E-state index is -4.67. The predicted octanol–water partition coefficient (Wildman–Crippen LogP) is 0.724. The van der Waals surface area contributed by atoms with Gasteiger partial charge in [-0.15, -0.1) is 0 Å². The van der Waals surface area contributed by atoms with Crippen molar-refractivity contribution in [3.8, 4) is 6.07 Å². The minimum Gasteiger partial charge on any atom is -0.212 e. The summed E-state index contributed by atoms with van der Waals surface area (Å²) in [6.07, 6.45) is -4.36. The van der Waals surface area contributed by atoms with Crippen LogP contribution in [-0.4, -0.2) is 37.7 Å². The number of hydrogen-bond acceptors (Lipinski definition) is 3. The van der Waals surface area contributed by atoms with Gasteiger partial charge in [-0.2, -0.15) is 18.4 Å². The molecule has 4 nitrogen and oxygen atoms in total. The molecule has 0 aromatic rings. The van der Waals surface area contributed by atoms with Gasteiger partial charge in [-0.05, 0) is 6.42 Å². The van der Waals surface area contributed by atoms with Gasteiger partial charge in [0.05, 0.1) is 11.8 Å². The first-order chi connectivity index (χ1) is 6.77. The van der Waals surface area contributed by atoms with Crippen LogP contribution in [0, 0.1) is 17.2 Å². The fourth-order valence-corrected chi connectivity index (χ4v) is 2.85. The number of alkyl halides is 3. The number of hydrogen-bond donors (Lipinski definition) is 0. The summed E-state index contributed by atoms with van der Waals surface area (Å²) in [6.45, 7) is -0.723. The number of halogens is 3. The van der Waals surface area contributed by atoms with Crippen molar-refractivity contribution < 1.29 is 21.6 Å². The quantitative estimate of drug-likeness (QED) is 0.717. The van der Waals surface area contributed by atoms with Crippen LogP contribution in [0.5, 0.6) is 0 Å². The third-order valence-electron chi connectivity index (χ3n) is 2.14. The lowest BCUT2D eigenvalue weighted by molar-refractivity contribution is -0.160. The van der Waals surface area contributed by atoms with Crippen molar-refractivity contribution >= 4 is 10.0 Å². The van der Waals surface area contributed by atoms with E-state index in [9.17, 15) is 21.6 Å². The van der Waals surface area contributed by atoms with E-state index >= 15 is 0 Å². The maximum Gasteiger partial charge on any atom is 0.405 e. The molecule has 1 saturated heterocycles. The first kappa shape index (κ1) is 12.3. The van der Waals surface area contributed by atoms with Gasteiger partial charge in [-0.25, -0.2) is 12.7 Å². The van der Waals surface area contributed by atoms with Crippen LogP contribution in [0.1, 0.15) is 6.42 Å². The Kier molecular flexibility index (Phi) is 3.25. The minimum absolute atomic E-state index is 0.0661. The molecule has 1 fully saturated rings. The third-order valence-corrected chi connectivity index (χ3v) is 4.06. The van der Waals surface area contributed by atoms with Crippen molar-refractivity contribution in [2.75, 3.05) is 18.8 Å². The molecule has 8 heteroatoms. The molecule has 0 aromatic heterocycles. The van der Waals surface area contributed by atoms with Crippen LogP contribution >= 0.6 is 0 Å². The summed E-state index contributed by atoms with van der Waals surface area (Å²) < 4.78 is 59.7. The summed E-state index contributed by atoms with van der Waals surface area (Å²) in [5, 5.41) is 8.30. The van der Waals surface area contributed by atoms with Crippen molar-refractivity contribution in [3.05, 3.63) is 0 Å². The summed E-state index contributed by atoms with van der Waals surface area (Å²) in [6, 6.07) is 1.08. The number of nitriles is 1. The molecule has 0 bridgehead atoms. The van der Waals surface area contributed by atoms with Gasteiger partial charge < -0.3 is 0 Å². The Morgan fingerprint density at radius 2 is 2.07 bits per heavy atom. The van der Waals surface area contributed by atoms with Crippen molar-refractivity contribution in [1.29, 1.82) is 5.26 Å². The predicted molar refractivity (Wildman–Crippen MR) is 45.1 cm³/mol. The Morgan fingerprint density at radius 3 is 2.40 bits per heavy atom. The number of sulfonamides is 1. The molecule has 0 spiro atoms. The maximum atomic E-state index is 12.2. The highest BCUT2D eigenvalue weighted by molar-refractivity contribution is 7.89. The van der Waals surface area contributed by atoms with Crippen molar-refractivity contribution in [2.45, 2.75) is 12.6 Å². The SMILES string of the molecule is N#CC(CN1CCCS1(=O)=O)C(F)(F)F. The zero-order valence-electron chi connectivity index (χ0n) is 7.66. The lowest BCUT2D eigenvalue weighted by Crippen LogP contribution is -2.37. The standard InChI is InChI=1S/C7H9F3N2O2S/c8-7(9,10)6(4-11)5-12-2-1-3-15(12,13)14/h6H,1-3,5H2. The van der Waals surface area contributed by atoms with E-state index in [0.717, 1.165) is 10.4 Å². The lowest BCUT2D eigenvalue weighted by atomic mass is 10.1. The second kappa shape index (κ2) is 3.98. The van der Waals surface area contributed by atoms with Crippen LogP contribution in [0.4, 0.5) is 13.2 Å². The van der Waals surface area contributed by atoms with Crippen LogP contribution < -0.4 is 0 Å². The van der Waals surface area contributed by atoms with E-state index in [1.54, 1.807) is 0 Å². The summed E-state index contributed by atoms with van der Waals surface area (Å²) in [5.74, 6) is -2.38. The fourth-order valence-electron chi connectivity index (χ4n) is 1.32. The Labute approximate surface area is 85.3 Å². The molecule has 1 unspecified atom stereocenters. The van der Waals surface area contributed by atoms with E-state index in [1.807, 2.05) is 0 Å². The molecular weight excluding hydrogens is 233 g/mol. The van der Waals surface area contributed by atoms with Crippen molar-refractivity contribution in [1.82, 2.24) is 4.31 Å². The Morgan fingerprint density at radius 1 is 1.47 bits per heavy atom. The van der Waals surface area contributed by atoms with Crippen LogP contribution in [0.2, 0.25) is 0 Å². The first-order valence-electron chi connectivity index (χ1n) is 4.21. The topological polar surface area (TPSA) is 61.2 Å². The van der Waals surface area contributed by atoms with Crippen LogP contribution in [0.3, 0.4) is 0 Å². The van der Waals surface area contributed by atoms with E-state index < -0.39 is 28.7 Å². The molecule has 86 valence electrons. The Balaban J connectivity index is 2.74. The molecule has 0 aliphatic carbocycles. The number of rotatable bonds is 2. The molecule has 1 aliphatic heterocycles. The van der Waals surface area contributed by atoms with E-state index in [1.165, 1.54) is 0 Å². The molecule has 0 radical (unpaired) electrons. The van der Waals surface area contributed by atoms with E-state index in [0.29, 0.717) is 6.42 Å². The van der Waals surface area contributed by atoms with Gasteiger partial charge in [-0.3, -0.25) is 0 Å². The molecule has 1 heterocycles. The molecule has 0 amide bonds. The van der Waals surface area contributed by atoms with Gasteiger partial charge in [0, 0.05) is 13.1 Å². The van der Waals surface area contributed by atoms with Gasteiger partial charge in [0.1, 0.15) is 0 Å². The average Bonchev–Trinajstić information content (AvgIpc) is 2.39. The van der Waals surface area contributed by atoms with Crippen LogP contribution in [0.25, 0.3) is 0 Å². The lowest BCUT2D eigenvalue weighted by Gasteiger charge is -2.19. The largest absolute Gasteiger partial charge is 0.405 e. The van der Waals surface area contributed by atoms with Crippen molar-refractivity contribution in [3.63, 3.8) is 0 Å². The van der Waals surface area contributed by atoms with E-state index in [-0.39, 0.29) is 12.3 Å². The Bertz CT molecular complexity index is 371. The smallest absolute Gasteiger partial charge is 0.212 e. The molecular formula is C7H9F3N2O2S. The van der Waals surface area contributed by atoms with E-state index in [4.69, 9.17) is 5.26 Å². The number of nitrogens with zero attached hydrogens (tertiary/aromatic N) is 2. The molecule has 1 rings (SSSR count). The van der Waals surface area contributed by atoms with Gasteiger partial charge in [0.25, 0.3) is 0 Å². The van der Waals surface area contributed by atoms with Crippen LogP contribution in [-0.2, 0) is 10.0 Å². The third kappa shape index (κ3) is 2.82. The highest BCUT2D eigenvalue weighted by Gasteiger charge is 2.43. The molecule has 1 atom stereocenters. The molecule has 0 aromatic carbocycles. The molecule has 0 saturated carbocycles. The summed E-state index contributed by atoms with van der Waals surface area (Å²) in [7, 11) is -3.57. The van der Waals surface area contributed by atoms with Crippen LogP contribution in [0.15, 0.2) is 0 Å². The highest BCUT2D eigenvalue weighted by Crippen LogP contribution is 2.28. The normalized spacial score (nSPS) is 23.6. The second-order valence-electron chi connectivity index (χ2n) is 3.25. The zero-order chi connectivity index (χ0) is 11.7. The monoisotopic (exact) mass is 242 g/mol. The molecule has 1 aliphatic rings. The summed E-state index contributed by atoms with van der Waals surface area (Å²) in [4.78, 5) is 0. The summed E-state index contributed by atoms with van der Waals surface area (Å²) in [5.41, 5.74) is 0. The molecule has 0 N–H and O–H groups in total. The van der Waals surface area contributed by atoms with Gasteiger partial charge in [-0.1, -0.05) is 0 Å². The Hall–Kier alpha value is -0.810. The van der Waals surface area contributed by atoms with Crippen molar-refractivity contribution in [2.24, 2.45) is 5.92 Å². The van der Waals surface area contributed by atoms with E-state index in [2.05, 4.69) is 0 Å².